The molecule has 0 unspecified atom stereocenters. The van der Waals surface area contributed by atoms with Gasteiger partial charge in [0.2, 0.25) is 0 Å². The summed E-state index contributed by atoms with van der Waals surface area (Å²) in [4.78, 5) is 10.4. The van der Waals surface area contributed by atoms with E-state index >= 15 is 0 Å². The van der Waals surface area contributed by atoms with E-state index in [0.29, 0.717) is 0 Å². The zero-order chi connectivity index (χ0) is 22.0. The zero-order valence-corrected chi connectivity index (χ0v) is 17.9. The van der Waals surface area contributed by atoms with Gasteiger partial charge >= 0.3 is 0 Å². The molecular weight excluding hydrogens is 418 g/mol. The Balaban J connectivity index is 1.63. The van der Waals surface area contributed by atoms with Gasteiger partial charge in [0.25, 0.3) is 0 Å². The smallest absolute Gasteiger partial charge is 0.165 e. The van der Waals surface area contributed by atoms with E-state index in [2.05, 4.69) is 83.3 Å². The minimum Gasteiger partial charge on any atom is -0.456 e. The molecule has 0 N–H and O–H groups in total. The average Bonchev–Trinajstić information content (AvgIpc) is 3.53. The molecule has 0 amide bonds. The Morgan fingerprint density at radius 3 is 2.29 bits per heavy atom. The molecule has 0 saturated heterocycles. The molecule has 156 valence electrons. The average molecular weight is 433 g/mol. The van der Waals surface area contributed by atoms with E-state index in [9.17, 15) is 0 Å². The van der Waals surface area contributed by atoms with Crippen LogP contribution in [0.15, 0.2) is 95.4 Å². The Hall–Kier alpha value is -4.70. The van der Waals surface area contributed by atoms with Crippen LogP contribution in [0.5, 0.6) is 0 Å². The molecule has 4 heterocycles. The summed E-state index contributed by atoms with van der Waals surface area (Å²) in [5.41, 5.74) is 7.78. The Morgan fingerprint density at radius 2 is 1.32 bits per heavy atom. The predicted octanol–water partition coefficient (Wildman–Crippen LogP) is 7.83. The number of furan rings is 1. The van der Waals surface area contributed by atoms with Crippen LogP contribution in [0.3, 0.4) is 0 Å². The van der Waals surface area contributed by atoms with E-state index in [1.54, 1.807) is 0 Å². The van der Waals surface area contributed by atoms with Gasteiger partial charge in [0.05, 0.1) is 27.5 Å². The van der Waals surface area contributed by atoms with Crippen LogP contribution in [0.2, 0.25) is 0 Å². The molecule has 4 heteroatoms. The highest BCUT2D eigenvalue weighted by molar-refractivity contribution is 6.29. The Morgan fingerprint density at radius 1 is 0.529 bits per heavy atom. The first-order valence-corrected chi connectivity index (χ1v) is 11.4. The van der Waals surface area contributed by atoms with Crippen LogP contribution < -0.4 is 0 Å². The molecule has 0 saturated carbocycles. The third-order valence-electron chi connectivity index (χ3n) is 7.30. The van der Waals surface area contributed by atoms with Gasteiger partial charge in [0, 0.05) is 26.9 Å². The Labute approximate surface area is 192 Å². The molecule has 4 aromatic heterocycles. The number of fused-ring (bicyclic) bond motifs is 13. The Kier molecular flexibility index (Phi) is 2.78. The van der Waals surface area contributed by atoms with Crippen molar-refractivity contribution in [3.05, 3.63) is 91.0 Å². The zero-order valence-electron chi connectivity index (χ0n) is 17.9. The third kappa shape index (κ3) is 1.84. The van der Waals surface area contributed by atoms with Crippen LogP contribution in [0.25, 0.3) is 82.1 Å². The Bertz CT molecular complexity index is 2290. The van der Waals surface area contributed by atoms with Crippen molar-refractivity contribution in [2.45, 2.75) is 0 Å². The van der Waals surface area contributed by atoms with E-state index in [-0.39, 0.29) is 0 Å². The fourth-order valence-electron chi connectivity index (χ4n) is 5.88. The summed E-state index contributed by atoms with van der Waals surface area (Å²) in [6.45, 7) is 0. The molecule has 9 aromatic rings. The van der Waals surface area contributed by atoms with Crippen molar-refractivity contribution in [2.24, 2.45) is 0 Å². The van der Waals surface area contributed by atoms with Gasteiger partial charge in [-0.1, -0.05) is 66.7 Å². The first kappa shape index (κ1) is 16.9. The van der Waals surface area contributed by atoms with Crippen molar-refractivity contribution in [1.29, 1.82) is 0 Å². The summed E-state index contributed by atoms with van der Waals surface area (Å²) in [6.07, 6.45) is 0. The minimum absolute atomic E-state index is 0.891. The van der Waals surface area contributed by atoms with Crippen LogP contribution in [-0.2, 0) is 0 Å². The highest BCUT2D eigenvalue weighted by atomic mass is 16.3. The second-order valence-corrected chi connectivity index (χ2v) is 9.02. The van der Waals surface area contributed by atoms with E-state index in [0.717, 1.165) is 60.4 Å². The van der Waals surface area contributed by atoms with E-state index in [4.69, 9.17) is 14.4 Å². The molecule has 0 spiro atoms. The fourth-order valence-corrected chi connectivity index (χ4v) is 5.88. The lowest BCUT2D eigenvalue weighted by Gasteiger charge is -2.04. The van der Waals surface area contributed by atoms with Crippen LogP contribution in [0.4, 0.5) is 0 Å². The van der Waals surface area contributed by atoms with Crippen molar-refractivity contribution in [2.75, 3.05) is 0 Å². The van der Waals surface area contributed by atoms with Crippen molar-refractivity contribution < 1.29 is 4.42 Å². The number of hydrogen-bond donors (Lipinski definition) is 0. The second kappa shape index (κ2) is 5.61. The van der Waals surface area contributed by atoms with Gasteiger partial charge in [0.1, 0.15) is 16.7 Å². The number of para-hydroxylation sites is 2. The molecule has 5 aromatic carbocycles. The lowest BCUT2D eigenvalue weighted by molar-refractivity contribution is 0.669. The maximum Gasteiger partial charge on any atom is 0.165 e. The molecule has 0 aliphatic rings. The lowest BCUT2D eigenvalue weighted by Crippen LogP contribution is -1.90. The third-order valence-corrected chi connectivity index (χ3v) is 7.30. The van der Waals surface area contributed by atoms with Crippen molar-refractivity contribution in [1.82, 2.24) is 14.4 Å². The molecule has 9 rings (SSSR count). The van der Waals surface area contributed by atoms with E-state index < -0.39 is 0 Å². The number of hydrogen-bond acceptors (Lipinski definition) is 3. The summed E-state index contributed by atoms with van der Waals surface area (Å²) in [5, 5.41) is 8.10. The van der Waals surface area contributed by atoms with Crippen LogP contribution in [-0.4, -0.2) is 14.4 Å². The summed E-state index contributed by atoms with van der Waals surface area (Å²) < 4.78 is 8.55. The number of aromatic nitrogens is 3. The molecule has 0 aliphatic carbocycles. The second-order valence-electron chi connectivity index (χ2n) is 9.02. The normalized spacial score (nSPS) is 12.7. The predicted molar refractivity (Wildman–Crippen MR) is 139 cm³/mol. The first-order valence-electron chi connectivity index (χ1n) is 11.4. The molecule has 4 nitrogen and oxygen atoms in total. The summed E-state index contributed by atoms with van der Waals surface area (Å²) in [7, 11) is 0. The summed E-state index contributed by atoms with van der Waals surface area (Å²) in [5.74, 6) is 0. The summed E-state index contributed by atoms with van der Waals surface area (Å²) >= 11 is 0. The van der Waals surface area contributed by atoms with Gasteiger partial charge in [-0.2, -0.15) is 0 Å². The molecule has 0 bridgehead atoms. The number of nitrogens with zero attached hydrogens (tertiary/aromatic N) is 3. The van der Waals surface area contributed by atoms with E-state index in [1.807, 2.05) is 12.1 Å². The minimum atomic E-state index is 0.891. The fraction of sp³-hybridized carbons (Fsp3) is 0. The largest absolute Gasteiger partial charge is 0.456 e. The van der Waals surface area contributed by atoms with Crippen molar-refractivity contribution >= 4 is 82.1 Å². The van der Waals surface area contributed by atoms with Gasteiger partial charge in [-0.25, -0.2) is 9.97 Å². The van der Waals surface area contributed by atoms with Crippen molar-refractivity contribution in [3.8, 4) is 0 Å². The standard InChI is InChI=1S/C30H15N3O/c1-2-7-17-16(6-1)12-14-22-26(17)32-30-27(31-22)21-10-5-9-18-19-13-15-24-25(29(19)33(30)28(18)21)20-8-3-4-11-23(20)34-24/h1-15H. The monoisotopic (exact) mass is 433 g/mol. The molecule has 0 fully saturated rings. The summed E-state index contributed by atoms with van der Waals surface area (Å²) in [6, 6.07) is 31.6. The number of rotatable bonds is 0. The lowest BCUT2D eigenvalue weighted by atomic mass is 10.1. The van der Waals surface area contributed by atoms with Crippen molar-refractivity contribution in [3.63, 3.8) is 0 Å². The van der Waals surface area contributed by atoms with Gasteiger partial charge in [0.15, 0.2) is 5.65 Å². The molecular formula is C30H15N3O. The van der Waals surface area contributed by atoms with Crippen LogP contribution in [0, 0.1) is 0 Å². The molecule has 0 aliphatic heterocycles. The maximum atomic E-state index is 6.24. The molecule has 34 heavy (non-hydrogen) atoms. The SMILES string of the molecule is c1ccc2c(c1)ccc1nc3c4cccc5c6ccc7oc8ccccc8c7c6n(c3nc12)c54. The van der Waals surface area contributed by atoms with E-state index in [1.165, 1.54) is 21.7 Å². The van der Waals surface area contributed by atoms with Gasteiger partial charge in [-0.3, -0.25) is 4.40 Å². The highest BCUT2D eigenvalue weighted by Gasteiger charge is 2.23. The highest BCUT2D eigenvalue weighted by Crippen LogP contribution is 2.43. The first-order chi connectivity index (χ1) is 16.9. The van der Waals surface area contributed by atoms with Gasteiger partial charge in [-0.15, -0.1) is 0 Å². The topological polar surface area (TPSA) is 43.3 Å². The maximum absolute atomic E-state index is 6.24. The molecule has 0 atom stereocenters. The quantitative estimate of drug-likeness (QED) is 0.229. The van der Waals surface area contributed by atoms with Crippen LogP contribution in [0.1, 0.15) is 0 Å². The van der Waals surface area contributed by atoms with Gasteiger partial charge in [-0.05, 0) is 29.7 Å². The number of benzene rings is 5. The van der Waals surface area contributed by atoms with Crippen LogP contribution >= 0.6 is 0 Å². The van der Waals surface area contributed by atoms with Gasteiger partial charge < -0.3 is 4.42 Å². The molecule has 0 radical (unpaired) electrons.